The predicted octanol–water partition coefficient (Wildman–Crippen LogP) is 2.94. The first-order valence-corrected chi connectivity index (χ1v) is 6.67. The van der Waals surface area contributed by atoms with Crippen LogP contribution in [0.25, 0.3) is 0 Å². The fraction of sp³-hybridized carbons (Fsp3) is 0.250. The number of thiazole rings is 1. The predicted molar refractivity (Wildman–Crippen MR) is 73.1 cm³/mol. The first kappa shape index (κ1) is 11.5. The molecule has 2 nitrogen and oxygen atoms in total. The molecule has 1 aromatic carbocycles. The van der Waals surface area contributed by atoms with Crippen LogP contribution in [0.2, 0.25) is 0 Å². The maximum Gasteiger partial charge on any atom is 0.180 e. The Bertz CT molecular complexity index is 448. The van der Waals surface area contributed by atoms with Gasteiger partial charge in [0.05, 0.1) is 5.69 Å². The minimum absolute atomic E-state index is 0.653. The summed E-state index contributed by atoms with van der Waals surface area (Å²) in [7, 11) is 0. The van der Waals surface area contributed by atoms with Crippen molar-refractivity contribution in [1.29, 1.82) is 0 Å². The van der Waals surface area contributed by atoms with Crippen molar-refractivity contribution in [2.24, 2.45) is 0 Å². The fourth-order valence-electron chi connectivity index (χ4n) is 1.52. The number of aromatic nitrogens is 1. The third-order valence-corrected chi connectivity index (χ3v) is 3.53. The van der Waals surface area contributed by atoms with Gasteiger partial charge in [0.1, 0.15) is 0 Å². The van der Waals surface area contributed by atoms with Crippen LogP contribution in [-0.2, 0) is 18.6 Å². The van der Waals surface area contributed by atoms with Crippen LogP contribution in [0, 0.1) is 0 Å². The first-order chi connectivity index (χ1) is 7.78. The number of rotatable bonds is 4. The van der Waals surface area contributed by atoms with Gasteiger partial charge in [-0.25, -0.2) is 4.98 Å². The van der Waals surface area contributed by atoms with Gasteiger partial charge in [0.15, 0.2) is 5.13 Å². The second-order valence-electron chi connectivity index (χ2n) is 3.65. The highest BCUT2D eigenvalue weighted by Crippen LogP contribution is 2.14. The van der Waals surface area contributed by atoms with E-state index in [1.165, 1.54) is 22.5 Å². The third kappa shape index (κ3) is 3.00. The highest BCUT2D eigenvalue weighted by Gasteiger charge is 2.00. The van der Waals surface area contributed by atoms with E-state index in [9.17, 15) is 0 Å². The molecule has 0 aliphatic carbocycles. The second kappa shape index (κ2) is 5.37. The summed E-state index contributed by atoms with van der Waals surface area (Å²) in [5.74, 6) is 0.795. The van der Waals surface area contributed by atoms with Crippen LogP contribution < -0.4 is 5.73 Å². The Kier molecular flexibility index (Phi) is 3.85. The second-order valence-corrected chi connectivity index (χ2v) is 4.86. The van der Waals surface area contributed by atoms with Gasteiger partial charge < -0.3 is 5.73 Å². The molecule has 0 aliphatic heterocycles. The molecule has 2 rings (SSSR count). The highest BCUT2D eigenvalue weighted by atomic mass is 32.1. The normalized spacial score (nSPS) is 10.6. The van der Waals surface area contributed by atoms with Gasteiger partial charge in [-0.3, -0.25) is 0 Å². The Hall–Kier alpha value is -1.00. The number of aryl methyl sites for hydroxylation is 2. The van der Waals surface area contributed by atoms with Gasteiger partial charge >= 0.3 is 0 Å². The summed E-state index contributed by atoms with van der Waals surface area (Å²) >= 11 is 5.74. The molecule has 2 N–H and O–H groups in total. The molecule has 0 atom stereocenters. The molecule has 16 heavy (non-hydrogen) atoms. The lowest BCUT2D eigenvalue weighted by atomic mass is 10.1. The van der Waals surface area contributed by atoms with Crippen molar-refractivity contribution in [3.05, 3.63) is 46.5 Å². The lowest BCUT2D eigenvalue weighted by Crippen LogP contribution is -1.92. The number of hydrogen-bond donors (Lipinski definition) is 2. The van der Waals surface area contributed by atoms with Crippen molar-refractivity contribution >= 4 is 29.1 Å². The molecule has 0 saturated heterocycles. The molecule has 84 valence electrons. The summed E-state index contributed by atoms with van der Waals surface area (Å²) in [5, 5.41) is 2.68. The minimum atomic E-state index is 0.653. The smallest absolute Gasteiger partial charge is 0.180 e. The summed E-state index contributed by atoms with van der Waals surface area (Å²) in [6.07, 6.45) is 1.96. The van der Waals surface area contributed by atoms with Gasteiger partial charge in [0.25, 0.3) is 0 Å². The van der Waals surface area contributed by atoms with Gasteiger partial charge in [-0.1, -0.05) is 24.3 Å². The van der Waals surface area contributed by atoms with Gasteiger partial charge in [-0.05, 0) is 24.0 Å². The number of nitrogen functional groups attached to an aromatic ring is 1. The van der Waals surface area contributed by atoms with Crippen molar-refractivity contribution in [2.45, 2.75) is 18.6 Å². The summed E-state index contributed by atoms with van der Waals surface area (Å²) in [6, 6.07) is 8.55. The Labute approximate surface area is 105 Å². The van der Waals surface area contributed by atoms with E-state index in [-0.39, 0.29) is 0 Å². The van der Waals surface area contributed by atoms with Gasteiger partial charge in [0, 0.05) is 11.1 Å². The lowest BCUT2D eigenvalue weighted by molar-refractivity contribution is 0.927. The average Bonchev–Trinajstić information content (AvgIpc) is 2.73. The van der Waals surface area contributed by atoms with Crippen molar-refractivity contribution in [3.8, 4) is 0 Å². The minimum Gasteiger partial charge on any atom is -0.375 e. The molecular weight excluding hydrogens is 236 g/mol. The number of nitrogens with zero attached hydrogens (tertiary/aromatic N) is 1. The zero-order chi connectivity index (χ0) is 11.4. The van der Waals surface area contributed by atoms with Crippen molar-refractivity contribution in [2.75, 3.05) is 5.73 Å². The van der Waals surface area contributed by atoms with Crippen molar-refractivity contribution < 1.29 is 0 Å². The molecule has 0 fully saturated rings. The van der Waals surface area contributed by atoms with E-state index in [0.717, 1.165) is 24.3 Å². The molecule has 0 aliphatic rings. The zero-order valence-electron chi connectivity index (χ0n) is 8.89. The maximum absolute atomic E-state index is 5.58. The van der Waals surface area contributed by atoms with Crippen LogP contribution in [-0.4, -0.2) is 4.98 Å². The monoisotopic (exact) mass is 250 g/mol. The molecule has 0 spiro atoms. The van der Waals surface area contributed by atoms with E-state index in [1.54, 1.807) is 0 Å². The molecule has 0 radical (unpaired) electrons. The van der Waals surface area contributed by atoms with E-state index in [0.29, 0.717) is 5.13 Å². The summed E-state index contributed by atoms with van der Waals surface area (Å²) in [5.41, 5.74) is 9.25. The number of nitrogens with two attached hydrogens (primary N) is 1. The maximum atomic E-state index is 5.58. The highest BCUT2D eigenvalue weighted by molar-refractivity contribution is 7.79. The van der Waals surface area contributed by atoms with E-state index >= 15 is 0 Å². The molecular formula is C12H14N2S2. The largest absolute Gasteiger partial charge is 0.375 e. The fourth-order valence-corrected chi connectivity index (χ4v) is 2.33. The quantitative estimate of drug-likeness (QED) is 0.819. The summed E-state index contributed by atoms with van der Waals surface area (Å²) in [6.45, 7) is 0. The standard InChI is InChI=1S/C12H14N2S2/c13-12-14-11(8-16-12)6-5-9-1-3-10(7-15)4-2-9/h1-4,8,15H,5-7H2,(H2,13,14). The lowest BCUT2D eigenvalue weighted by Gasteiger charge is -2.01. The Balaban J connectivity index is 1.94. The van der Waals surface area contributed by atoms with Crippen LogP contribution in [0.1, 0.15) is 16.8 Å². The molecule has 4 heteroatoms. The molecule has 0 saturated carbocycles. The topological polar surface area (TPSA) is 38.9 Å². The van der Waals surface area contributed by atoms with E-state index < -0.39 is 0 Å². The van der Waals surface area contributed by atoms with Crippen molar-refractivity contribution in [1.82, 2.24) is 4.98 Å². The average molecular weight is 250 g/mol. The van der Waals surface area contributed by atoms with Crippen LogP contribution in [0.15, 0.2) is 29.6 Å². The Morgan fingerprint density at radius 2 is 1.81 bits per heavy atom. The summed E-state index contributed by atoms with van der Waals surface area (Å²) in [4.78, 5) is 4.24. The number of benzene rings is 1. The molecule has 2 aromatic rings. The molecule has 1 aromatic heterocycles. The third-order valence-electron chi connectivity index (χ3n) is 2.44. The Morgan fingerprint density at radius 3 is 2.38 bits per heavy atom. The van der Waals surface area contributed by atoms with Crippen LogP contribution in [0.4, 0.5) is 5.13 Å². The first-order valence-electron chi connectivity index (χ1n) is 5.16. The number of anilines is 1. The van der Waals surface area contributed by atoms with Crippen LogP contribution in [0.5, 0.6) is 0 Å². The van der Waals surface area contributed by atoms with Crippen LogP contribution in [0.3, 0.4) is 0 Å². The molecule has 1 heterocycles. The van der Waals surface area contributed by atoms with Gasteiger partial charge in [0.2, 0.25) is 0 Å². The Morgan fingerprint density at radius 1 is 1.12 bits per heavy atom. The number of thiol groups is 1. The molecule has 0 bridgehead atoms. The van der Waals surface area contributed by atoms with E-state index in [2.05, 4.69) is 41.9 Å². The SMILES string of the molecule is Nc1nc(CCc2ccc(CS)cc2)cs1. The van der Waals surface area contributed by atoms with Gasteiger partial charge in [-0.2, -0.15) is 12.6 Å². The molecule has 0 unspecified atom stereocenters. The van der Waals surface area contributed by atoms with E-state index in [1.807, 2.05) is 5.38 Å². The number of hydrogen-bond acceptors (Lipinski definition) is 4. The van der Waals surface area contributed by atoms with Crippen molar-refractivity contribution in [3.63, 3.8) is 0 Å². The molecule has 0 amide bonds. The van der Waals surface area contributed by atoms with E-state index in [4.69, 9.17) is 5.73 Å². The van der Waals surface area contributed by atoms with Gasteiger partial charge in [-0.15, -0.1) is 11.3 Å². The summed E-state index contributed by atoms with van der Waals surface area (Å²) < 4.78 is 0. The zero-order valence-corrected chi connectivity index (χ0v) is 10.6. The van der Waals surface area contributed by atoms with Crippen LogP contribution >= 0.6 is 24.0 Å².